The number of nitrogens with zero attached hydrogens (tertiary/aromatic N) is 4. The van der Waals surface area contributed by atoms with Crippen molar-refractivity contribution in [2.75, 3.05) is 64.2 Å². The van der Waals surface area contributed by atoms with Crippen LogP contribution in [0.2, 0.25) is 0 Å². The maximum Gasteiger partial charge on any atom is 0.258 e. The first-order chi connectivity index (χ1) is 22.2. The molecule has 2 N–H and O–H groups in total. The lowest BCUT2D eigenvalue weighted by Crippen LogP contribution is -2.47. The lowest BCUT2D eigenvalue weighted by Gasteiger charge is -2.32. The lowest BCUT2D eigenvalue weighted by molar-refractivity contribution is -0.132. The maximum atomic E-state index is 13.6. The quantitative estimate of drug-likeness (QED) is 0.210. The topological polar surface area (TPSA) is 120 Å². The van der Waals surface area contributed by atoms with Gasteiger partial charge in [-0.25, -0.2) is 4.98 Å². The first-order valence-electron chi connectivity index (χ1n) is 15.6. The van der Waals surface area contributed by atoms with Gasteiger partial charge in [-0.05, 0) is 81.3 Å². The summed E-state index contributed by atoms with van der Waals surface area (Å²) in [6.45, 7) is 5.92. The van der Waals surface area contributed by atoms with E-state index < -0.39 is 0 Å². The van der Waals surface area contributed by atoms with E-state index in [2.05, 4.69) is 27.2 Å². The Kier molecular flexibility index (Phi) is 10.5. The van der Waals surface area contributed by atoms with Crippen LogP contribution in [-0.4, -0.2) is 91.5 Å². The van der Waals surface area contributed by atoms with E-state index in [1.807, 2.05) is 36.1 Å². The molecule has 1 aliphatic heterocycles. The molecule has 1 aromatic heterocycles. The van der Waals surface area contributed by atoms with E-state index in [1.165, 1.54) is 7.11 Å². The number of hydrogen-bond donors (Lipinski definition) is 2. The number of methoxy groups -OCH3 is 1. The number of carbonyl (C=O) groups is 3. The Hall–Kier alpha value is -4.90. The number of para-hydroxylation sites is 1. The number of aromatic amines is 1. The number of likely N-dealkylation sites (N-methyl/N-ethyl adjacent to an activating group) is 1. The molecule has 11 heteroatoms. The number of fused-ring (bicyclic) bond motifs is 1. The number of unbranched alkanes of at least 4 members (excludes halogenated alkanes) is 2. The number of aromatic nitrogens is 2. The minimum Gasteiger partial charge on any atom is -0.495 e. The van der Waals surface area contributed by atoms with E-state index in [1.54, 1.807) is 48.6 Å². The number of carbonyl (C=O) groups excluding carboxylic acids is 3. The molecule has 242 valence electrons. The number of anilines is 2. The number of piperazine rings is 1. The van der Waals surface area contributed by atoms with Crippen LogP contribution in [0.5, 0.6) is 11.5 Å². The zero-order valence-corrected chi connectivity index (χ0v) is 27.0. The molecule has 3 aromatic carbocycles. The van der Waals surface area contributed by atoms with Crippen LogP contribution >= 0.6 is 0 Å². The third kappa shape index (κ3) is 7.66. The molecule has 0 atom stereocenters. The summed E-state index contributed by atoms with van der Waals surface area (Å²) in [6.07, 6.45) is 4.62. The highest BCUT2D eigenvalue weighted by atomic mass is 16.5. The van der Waals surface area contributed by atoms with Gasteiger partial charge >= 0.3 is 0 Å². The van der Waals surface area contributed by atoms with Crippen LogP contribution in [0, 0.1) is 6.92 Å². The average molecular weight is 627 g/mol. The van der Waals surface area contributed by atoms with Crippen molar-refractivity contribution >= 4 is 40.1 Å². The number of ether oxygens (including phenoxy) is 2. The van der Waals surface area contributed by atoms with E-state index in [9.17, 15) is 14.4 Å². The van der Waals surface area contributed by atoms with Crippen LogP contribution in [0.1, 0.15) is 52.0 Å². The molecule has 0 bridgehead atoms. The molecule has 0 saturated carbocycles. The first kappa shape index (κ1) is 32.5. The minimum absolute atomic E-state index is 0.230. The van der Waals surface area contributed by atoms with Gasteiger partial charge in [0.15, 0.2) is 0 Å². The minimum atomic E-state index is -0.338. The molecule has 0 radical (unpaired) electrons. The summed E-state index contributed by atoms with van der Waals surface area (Å²) in [4.78, 5) is 52.2. The maximum absolute atomic E-state index is 13.6. The predicted octanol–water partition coefficient (Wildman–Crippen LogP) is 5.12. The number of nitrogens with one attached hydrogen (secondary N) is 2. The number of benzene rings is 3. The number of rotatable bonds is 12. The van der Waals surface area contributed by atoms with Gasteiger partial charge in [0, 0.05) is 45.2 Å². The van der Waals surface area contributed by atoms with Crippen LogP contribution in [-0.2, 0) is 4.79 Å². The Morgan fingerprint density at radius 1 is 0.978 bits per heavy atom. The molecule has 4 aromatic rings. The Bertz CT molecular complexity index is 1690. The van der Waals surface area contributed by atoms with Crippen molar-refractivity contribution in [3.05, 3.63) is 77.6 Å². The normalized spacial score (nSPS) is 13.4. The second-order valence-electron chi connectivity index (χ2n) is 11.7. The summed E-state index contributed by atoms with van der Waals surface area (Å²) < 4.78 is 11.7. The monoisotopic (exact) mass is 626 g/mol. The Morgan fingerprint density at radius 2 is 1.78 bits per heavy atom. The van der Waals surface area contributed by atoms with E-state index >= 15 is 0 Å². The zero-order valence-electron chi connectivity index (χ0n) is 27.0. The number of aryl methyl sites for hydroxylation is 1. The van der Waals surface area contributed by atoms with Gasteiger partial charge in [-0.1, -0.05) is 12.1 Å². The molecule has 2 heterocycles. The molecule has 11 nitrogen and oxygen atoms in total. The smallest absolute Gasteiger partial charge is 0.258 e. The van der Waals surface area contributed by atoms with Gasteiger partial charge < -0.3 is 34.5 Å². The van der Waals surface area contributed by atoms with Crippen LogP contribution in [0.3, 0.4) is 0 Å². The van der Waals surface area contributed by atoms with E-state index in [-0.39, 0.29) is 17.7 Å². The predicted molar refractivity (Wildman–Crippen MR) is 179 cm³/mol. The molecule has 5 rings (SSSR count). The number of amides is 3. The van der Waals surface area contributed by atoms with Gasteiger partial charge in [-0.2, -0.15) is 0 Å². The van der Waals surface area contributed by atoms with Crippen LogP contribution < -0.4 is 19.7 Å². The van der Waals surface area contributed by atoms with Crippen LogP contribution in [0.25, 0.3) is 11.0 Å². The highest BCUT2D eigenvalue weighted by Gasteiger charge is 2.21. The number of hydrogen-bond acceptors (Lipinski definition) is 7. The number of H-pyrrole nitrogens is 1. The standard InChI is InChI=1S/C35H42N6O5/c1-24-12-15-29(31(21-24)46-20-7-5-6-11-32(42)41-18-16-39(2)17-19-41)40(3)35(44)25-13-14-27(30(22-25)45-4)38-34(43)26-9-8-10-28-33(26)37-23-36-28/h8-10,12-15,21-23H,5-7,11,16-20H2,1-4H3,(H,36,37)(H,38,43). The van der Waals surface area contributed by atoms with Crippen LogP contribution in [0.4, 0.5) is 11.4 Å². The zero-order chi connectivity index (χ0) is 32.6. The second kappa shape index (κ2) is 14.9. The van der Waals surface area contributed by atoms with Gasteiger partial charge in [-0.15, -0.1) is 0 Å². The SMILES string of the molecule is COc1cc(C(=O)N(C)c2ccc(C)cc2OCCCCCC(=O)N2CCN(C)CC2)ccc1NC(=O)c1cccc2[nH]cnc12. The largest absolute Gasteiger partial charge is 0.495 e. The van der Waals surface area contributed by atoms with E-state index in [0.29, 0.717) is 52.5 Å². The average Bonchev–Trinajstić information content (AvgIpc) is 3.55. The fourth-order valence-corrected chi connectivity index (χ4v) is 5.53. The van der Waals surface area contributed by atoms with Crippen molar-refractivity contribution in [3.63, 3.8) is 0 Å². The van der Waals surface area contributed by atoms with E-state index in [0.717, 1.165) is 56.5 Å². The van der Waals surface area contributed by atoms with Crippen molar-refractivity contribution in [1.82, 2.24) is 19.8 Å². The highest BCUT2D eigenvalue weighted by molar-refractivity contribution is 6.12. The fourth-order valence-electron chi connectivity index (χ4n) is 5.53. The second-order valence-corrected chi connectivity index (χ2v) is 11.7. The van der Waals surface area contributed by atoms with Gasteiger partial charge in [0.05, 0.1) is 42.5 Å². The Labute approximate surface area is 269 Å². The molecular weight excluding hydrogens is 584 g/mol. The van der Waals surface area contributed by atoms with Gasteiger partial charge in [-0.3, -0.25) is 14.4 Å². The van der Waals surface area contributed by atoms with Gasteiger partial charge in [0.2, 0.25) is 5.91 Å². The highest BCUT2D eigenvalue weighted by Crippen LogP contribution is 2.32. The molecule has 1 saturated heterocycles. The first-order valence-corrected chi connectivity index (χ1v) is 15.6. The van der Waals surface area contributed by atoms with E-state index in [4.69, 9.17) is 9.47 Å². The summed E-state index contributed by atoms with van der Waals surface area (Å²) in [6, 6.07) is 16.0. The lowest BCUT2D eigenvalue weighted by atomic mass is 10.1. The summed E-state index contributed by atoms with van der Waals surface area (Å²) in [5.41, 5.74) is 4.24. The summed E-state index contributed by atoms with van der Waals surface area (Å²) in [7, 11) is 5.28. The fraction of sp³-hybridized carbons (Fsp3) is 0.371. The third-order valence-corrected chi connectivity index (χ3v) is 8.32. The third-order valence-electron chi connectivity index (χ3n) is 8.32. The van der Waals surface area contributed by atoms with Crippen molar-refractivity contribution in [1.29, 1.82) is 0 Å². The Balaban J connectivity index is 1.18. The number of imidazole rings is 1. The summed E-state index contributed by atoms with van der Waals surface area (Å²) in [5.74, 6) is 0.610. The summed E-state index contributed by atoms with van der Waals surface area (Å²) >= 11 is 0. The molecule has 1 fully saturated rings. The molecule has 0 aliphatic carbocycles. The summed E-state index contributed by atoms with van der Waals surface area (Å²) in [5, 5.41) is 2.88. The van der Waals surface area contributed by atoms with Crippen molar-refractivity contribution in [2.45, 2.75) is 32.6 Å². The Morgan fingerprint density at radius 3 is 2.57 bits per heavy atom. The van der Waals surface area contributed by atoms with Crippen LogP contribution in [0.15, 0.2) is 60.9 Å². The molecular formula is C35H42N6O5. The van der Waals surface area contributed by atoms with Crippen molar-refractivity contribution in [3.8, 4) is 11.5 Å². The molecule has 1 aliphatic rings. The van der Waals surface area contributed by atoms with Crippen molar-refractivity contribution in [2.24, 2.45) is 0 Å². The molecule has 0 unspecified atom stereocenters. The molecule has 46 heavy (non-hydrogen) atoms. The molecule has 3 amide bonds. The molecule has 0 spiro atoms. The van der Waals surface area contributed by atoms with Gasteiger partial charge in [0.25, 0.3) is 11.8 Å². The van der Waals surface area contributed by atoms with Crippen molar-refractivity contribution < 1.29 is 23.9 Å². The van der Waals surface area contributed by atoms with Gasteiger partial charge in [0.1, 0.15) is 17.0 Å².